The highest BCUT2D eigenvalue weighted by Crippen LogP contribution is 2.27. The molecule has 6 heteroatoms. The molecule has 2 unspecified atom stereocenters. The average Bonchev–Trinajstić information content (AvgIpc) is 3.19. The number of carbonyl (C=O) groups is 1. The van der Waals surface area contributed by atoms with Crippen LogP contribution >= 0.6 is 0 Å². The quantitative estimate of drug-likeness (QED) is 0.906. The second kappa shape index (κ2) is 6.05. The van der Waals surface area contributed by atoms with E-state index >= 15 is 0 Å². The van der Waals surface area contributed by atoms with Crippen LogP contribution in [0.4, 0.5) is 4.39 Å². The highest BCUT2D eigenvalue weighted by atomic mass is 19.1. The van der Waals surface area contributed by atoms with E-state index < -0.39 is 0 Å². The fourth-order valence-corrected chi connectivity index (χ4v) is 2.53. The lowest BCUT2D eigenvalue weighted by atomic mass is 9.99. The van der Waals surface area contributed by atoms with Gasteiger partial charge in [-0.3, -0.25) is 9.89 Å². The topological polar surface area (TPSA) is 67.0 Å². The Morgan fingerprint density at radius 2 is 2.19 bits per heavy atom. The molecule has 1 saturated heterocycles. The number of amides is 1. The van der Waals surface area contributed by atoms with E-state index in [0.717, 1.165) is 18.4 Å². The number of halogens is 1. The monoisotopic (exact) mass is 289 g/mol. The van der Waals surface area contributed by atoms with Crippen LogP contribution in [0.15, 0.2) is 36.5 Å². The molecule has 2 atom stereocenters. The van der Waals surface area contributed by atoms with Gasteiger partial charge in [-0.15, -0.1) is 0 Å². The zero-order valence-electron chi connectivity index (χ0n) is 11.4. The van der Waals surface area contributed by atoms with Gasteiger partial charge in [0.25, 0.3) is 5.91 Å². The van der Waals surface area contributed by atoms with Gasteiger partial charge in [-0.2, -0.15) is 5.10 Å². The summed E-state index contributed by atoms with van der Waals surface area (Å²) < 4.78 is 18.8. The molecule has 0 radical (unpaired) electrons. The molecule has 1 aliphatic heterocycles. The van der Waals surface area contributed by atoms with Crippen LogP contribution in [0.2, 0.25) is 0 Å². The number of nitrogens with one attached hydrogen (secondary N) is 2. The van der Waals surface area contributed by atoms with Crippen LogP contribution in [0.5, 0.6) is 0 Å². The van der Waals surface area contributed by atoms with Gasteiger partial charge in [0.05, 0.1) is 12.1 Å². The van der Waals surface area contributed by atoms with Crippen molar-refractivity contribution in [3.63, 3.8) is 0 Å². The Bertz CT molecular complexity index is 592. The summed E-state index contributed by atoms with van der Waals surface area (Å²) in [5.74, 6) is -0.554. The molecule has 1 aromatic heterocycles. The summed E-state index contributed by atoms with van der Waals surface area (Å²) in [4.78, 5) is 12.2. The fourth-order valence-electron chi connectivity index (χ4n) is 2.53. The molecule has 3 rings (SSSR count). The molecule has 5 nitrogen and oxygen atoms in total. The number of H-pyrrole nitrogens is 1. The third-order valence-corrected chi connectivity index (χ3v) is 3.60. The van der Waals surface area contributed by atoms with Crippen molar-refractivity contribution in [1.82, 2.24) is 15.5 Å². The molecule has 2 aromatic rings. The van der Waals surface area contributed by atoms with Crippen molar-refractivity contribution in [2.24, 2.45) is 0 Å². The van der Waals surface area contributed by atoms with Crippen LogP contribution in [0, 0.1) is 5.82 Å². The second-order valence-electron chi connectivity index (χ2n) is 5.02. The first-order valence-electron chi connectivity index (χ1n) is 6.91. The molecule has 110 valence electrons. The second-order valence-corrected chi connectivity index (χ2v) is 5.02. The van der Waals surface area contributed by atoms with Crippen LogP contribution < -0.4 is 5.32 Å². The average molecular weight is 289 g/mol. The van der Waals surface area contributed by atoms with Gasteiger partial charge in [0.15, 0.2) is 0 Å². The number of benzene rings is 1. The third-order valence-electron chi connectivity index (χ3n) is 3.60. The van der Waals surface area contributed by atoms with Gasteiger partial charge in [-0.1, -0.05) is 12.1 Å². The fraction of sp³-hybridized carbons (Fsp3) is 0.333. The maximum atomic E-state index is 13.1. The van der Waals surface area contributed by atoms with E-state index in [1.807, 2.05) is 0 Å². The molecule has 0 spiro atoms. The molecule has 2 heterocycles. The van der Waals surface area contributed by atoms with Gasteiger partial charge in [0.1, 0.15) is 11.5 Å². The molecule has 21 heavy (non-hydrogen) atoms. The lowest BCUT2D eigenvalue weighted by Gasteiger charge is -2.24. The smallest absolute Gasteiger partial charge is 0.269 e. The number of aromatic amines is 1. The highest BCUT2D eigenvalue weighted by Gasteiger charge is 2.29. The molecular formula is C15H16FN3O2. The van der Waals surface area contributed by atoms with Crippen LogP contribution in [0.25, 0.3) is 0 Å². The summed E-state index contributed by atoms with van der Waals surface area (Å²) in [5.41, 5.74) is 1.22. The van der Waals surface area contributed by atoms with Crippen molar-refractivity contribution in [3.05, 3.63) is 53.6 Å². The van der Waals surface area contributed by atoms with Crippen molar-refractivity contribution in [1.29, 1.82) is 0 Å². The number of hydrogen-bond acceptors (Lipinski definition) is 3. The van der Waals surface area contributed by atoms with Crippen LogP contribution in [0.1, 0.15) is 34.9 Å². The normalized spacial score (nSPS) is 19.4. The highest BCUT2D eigenvalue weighted by molar-refractivity contribution is 5.92. The van der Waals surface area contributed by atoms with Crippen LogP contribution in [-0.4, -0.2) is 28.8 Å². The molecule has 1 aromatic carbocycles. The van der Waals surface area contributed by atoms with Gasteiger partial charge in [-0.05, 0) is 36.6 Å². The van der Waals surface area contributed by atoms with Crippen molar-refractivity contribution < 1.29 is 13.9 Å². The Labute approximate surface area is 121 Å². The van der Waals surface area contributed by atoms with Gasteiger partial charge < -0.3 is 10.1 Å². The molecule has 2 N–H and O–H groups in total. The first-order chi connectivity index (χ1) is 10.2. The van der Waals surface area contributed by atoms with Crippen molar-refractivity contribution >= 4 is 5.91 Å². The lowest BCUT2D eigenvalue weighted by molar-refractivity contribution is 0.0669. The minimum absolute atomic E-state index is 0.0951. The number of ether oxygens (including phenoxy) is 1. The van der Waals surface area contributed by atoms with Crippen molar-refractivity contribution in [3.8, 4) is 0 Å². The Balaban J connectivity index is 1.82. The maximum absolute atomic E-state index is 13.1. The number of hydrogen-bond donors (Lipinski definition) is 2. The van der Waals surface area contributed by atoms with Crippen molar-refractivity contribution in [2.45, 2.75) is 25.0 Å². The number of carbonyl (C=O) groups excluding carboxylic acids is 1. The number of rotatable bonds is 4. The molecule has 1 aliphatic rings. The van der Waals surface area contributed by atoms with E-state index in [2.05, 4.69) is 15.5 Å². The lowest BCUT2D eigenvalue weighted by Crippen LogP contribution is -2.36. The zero-order chi connectivity index (χ0) is 14.7. The molecule has 0 bridgehead atoms. The Kier molecular flexibility index (Phi) is 3.96. The van der Waals surface area contributed by atoms with E-state index in [9.17, 15) is 9.18 Å². The van der Waals surface area contributed by atoms with E-state index in [0.29, 0.717) is 12.3 Å². The van der Waals surface area contributed by atoms with Gasteiger partial charge in [0, 0.05) is 12.8 Å². The summed E-state index contributed by atoms with van der Waals surface area (Å²) in [7, 11) is 0. The zero-order valence-corrected chi connectivity index (χ0v) is 11.4. The molecular weight excluding hydrogens is 273 g/mol. The van der Waals surface area contributed by atoms with Crippen LogP contribution in [0.3, 0.4) is 0 Å². The number of aromatic nitrogens is 2. The third kappa shape index (κ3) is 3.11. The minimum atomic E-state index is -0.302. The first kappa shape index (κ1) is 13.8. The Morgan fingerprint density at radius 3 is 2.81 bits per heavy atom. The first-order valence-corrected chi connectivity index (χ1v) is 6.91. The Hall–Kier alpha value is -2.21. The SMILES string of the molecule is O=C(NC(c1ccc(F)cc1)C1CCCO1)c1ccn[nH]1. The maximum Gasteiger partial charge on any atom is 0.269 e. The standard InChI is InChI=1S/C15H16FN3O2/c16-11-5-3-10(4-6-11)14(13-2-1-9-21-13)18-15(20)12-7-8-17-19-12/h3-8,13-14H,1-2,9H2,(H,17,19)(H,18,20). The van der Waals surface area contributed by atoms with Crippen molar-refractivity contribution in [2.75, 3.05) is 6.61 Å². The number of nitrogens with zero attached hydrogens (tertiary/aromatic N) is 1. The predicted octanol–water partition coefficient (Wildman–Crippen LogP) is 2.20. The molecule has 0 aliphatic carbocycles. The van der Waals surface area contributed by atoms with Gasteiger partial charge in [0.2, 0.25) is 0 Å². The van der Waals surface area contributed by atoms with Crippen LogP contribution in [-0.2, 0) is 4.74 Å². The summed E-state index contributed by atoms with van der Waals surface area (Å²) in [6.45, 7) is 0.683. The van der Waals surface area contributed by atoms with E-state index in [1.54, 1.807) is 18.2 Å². The summed E-state index contributed by atoms with van der Waals surface area (Å²) in [5, 5.41) is 9.34. The summed E-state index contributed by atoms with van der Waals surface area (Å²) >= 11 is 0. The summed E-state index contributed by atoms with van der Waals surface area (Å²) in [6.07, 6.45) is 3.25. The molecule has 0 saturated carbocycles. The van der Waals surface area contributed by atoms with E-state index in [4.69, 9.17) is 4.74 Å². The largest absolute Gasteiger partial charge is 0.376 e. The van der Waals surface area contributed by atoms with E-state index in [-0.39, 0.29) is 23.9 Å². The van der Waals surface area contributed by atoms with Gasteiger partial charge in [-0.25, -0.2) is 4.39 Å². The van der Waals surface area contributed by atoms with Gasteiger partial charge >= 0.3 is 0 Å². The molecule has 1 fully saturated rings. The van der Waals surface area contributed by atoms with E-state index in [1.165, 1.54) is 18.3 Å². The molecule has 1 amide bonds. The summed E-state index contributed by atoms with van der Waals surface area (Å²) in [6, 6.07) is 7.43. The Morgan fingerprint density at radius 1 is 1.38 bits per heavy atom. The predicted molar refractivity (Wildman–Crippen MR) is 74.2 cm³/mol. The minimum Gasteiger partial charge on any atom is -0.376 e.